The summed E-state index contributed by atoms with van der Waals surface area (Å²) in [5, 5.41) is 0.552. The maximum absolute atomic E-state index is 14.8. The molecule has 3 aromatic rings. The van der Waals surface area contributed by atoms with Crippen LogP contribution in [-0.2, 0) is 4.79 Å². The highest BCUT2D eigenvalue weighted by Crippen LogP contribution is 2.27. The third-order valence-corrected chi connectivity index (χ3v) is 4.90. The number of primary amides is 1. The Morgan fingerprint density at radius 2 is 1.79 bits per heavy atom. The molecular weight excluding hydrogens is 380 g/mol. The van der Waals surface area contributed by atoms with Crippen molar-refractivity contribution in [1.29, 1.82) is 0 Å². The number of pyridine rings is 1. The van der Waals surface area contributed by atoms with E-state index >= 15 is 0 Å². The Bertz CT molecular complexity index is 1150. The third kappa shape index (κ3) is 3.93. The summed E-state index contributed by atoms with van der Waals surface area (Å²) < 4.78 is 29.5. The number of hydrogen-bond donors (Lipinski definition) is 2. The molecule has 6 nitrogen and oxygen atoms in total. The van der Waals surface area contributed by atoms with Gasteiger partial charge >= 0.3 is 0 Å². The minimum atomic E-state index is -1.02. The summed E-state index contributed by atoms with van der Waals surface area (Å²) >= 11 is 0. The minimum Gasteiger partial charge on any atom is -0.369 e. The van der Waals surface area contributed by atoms with E-state index in [9.17, 15) is 23.2 Å². The van der Waals surface area contributed by atoms with E-state index in [-0.39, 0.29) is 23.1 Å². The number of amides is 1. The van der Waals surface area contributed by atoms with Crippen molar-refractivity contribution in [1.82, 2.24) is 9.88 Å². The van der Waals surface area contributed by atoms with Crippen molar-refractivity contribution in [3.63, 3.8) is 0 Å². The molecule has 8 heteroatoms. The van der Waals surface area contributed by atoms with Gasteiger partial charge in [-0.15, -0.1) is 0 Å². The molecule has 29 heavy (non-hydrogen) atoms. The number of hydrogen-bond acceptors (Lipinski definition) is 4. The van der Waals surface area contributed by atoms with E-state index in [1.165, 1.54) is 35.4 Å². The van der Waals surface area contributed by atoms with Gasteiger partial charge < -0.3 is 10.7 Å². The molecule has 0 radical (unpaired) electrons. The predicted molar refractivity (Wildman–Crippen MR) is 105 cm³/mol. The first kappa shape index (κ1) is 20.3. The van der Waals surface area contributed by atoms with Gasteiger partial charge in [-0.2, -0.15) is 0 Å². The van der Waals surface area contributed by atoms with Crippen molar-refractivity contribution in [2.75, 3.05) is 13.6 Å². The van der Waals surface area contributed by atoms with Crippen LogP contribution in [0.4, 0.5) is 8.78 Å². The number of benzene rings is 2. The average molecular weight is 399 g/mol. The van der Waals surface area contributed by atoms with Gasteiger partial charge in [0.05, 0.1) is 12.1 Å². The molecule has 1 aromatic heterocycles. The van der Waals surface area contributed by atoms with Crippen molar-refractivity contribution in [2.24, 2.45) is 5.73 Å². The molecule has 3 N–H and O–H groups in total. The van der Waals surface area contributed by atoms with Gasteiger partial charge in [-0.05, 0) is 49.2 Å². The van der Waals surface area contributed by atoms with Crippen molar-refractivity contribution in [3.05, 3.63) is 81.3 Å². The maximum atomic E-state index is 14.8. The molecule has 0 saturated heterocycles. The molecule has 0 fully saturated rings. The molecular formula is C21H19F2N3O3. The Balaban J connectivity index is 2.05. The van der Waals surface area contributed by atoms with E-state index in [2.05, 4.69) is 4.98 Å². The normalized spacial score (nSPS) is 12.3. The fourth-order valence-corrected chi connectivity index (χ4v) is 3.24. The minimum absolute atomic E-state index is 0.0260. The van der Waals surface area contributed by atoms with Gasteiger partial charge in [0.1, 0.15) is 11.6 Å². The van der Waals surface area contributed by atoms with Crippen LogP contribution in [0, 0.1) is 11.6 Å². The number of aromatic amines is 1. The summed E-state index contributed by atoms with van der Waals surface area (Å²) in [4.78, 5) is 39.9. The van der Waals surface area contributed by atoms with Gasteiger partial charge in [0.15, 0.2) is 5.78 Å². The largest absolute Gasteiger partial charge is 0.369 e. The summed E-state index contributed by atoms with van der Waals surface area (Å²) in [6, 6.07) is 7.56. The first-order valence-corrected chi connectivity index (χ1v) is 8.83. The van der Waals surface area contributed by atoms with Crippen LogP contribution in [0.5, 0.6) is 0 Å². The highest BCUT2D eigenvalue weighted by Gasteiger charge is 2.24. The molecule has 1 atom stereocenters. The number of nitrogens with two attached hydrogens (primary N) is 1. The van der Waals surface area contributed by atoms with Gasteiger partial charge in [-0.1, -0.05) is 12.1 Å². The molecule has 1 unspecified atom stereocenters. The van der Waals surface area contributed by atoms with E-state index in [0.29, 0.717) is 5.39 Å². The Labute approximate surface area is 164 Å². The predicted octanol–water partition coefficient (Wildman–Crippen LogP) is 2.52. The lowest BCUT2D eigenvalue weighted by Gasteiger charge is -2.24. The highest BCUT2D eigenvalue weighted by atomic mass is 19.1. The van der Waals surface area contributed by atoms with Crippen LogP contribution in [0.1, 0.15) is 34.5 Å². The second-order valence-corrected chi connectivity index (χ2v) is 6.82. The van der Waals surface area contributed by atoms with Gasteiger partial charge in [0.25, 0.3) is 5.56 Å². The summed E-state index contributed by atoms with van der Waals surface area (Å²) in [6.07, 6.45) is 1.37. The van der Waals surface area contributed by atoms with Crippen LogP contribution in [0.3, 0.4) is 0 Å². The quantitative estimate of drug-likeness (QED) is 0.623. The lowest BCUT2D eigenvalue weighted by Crippen LogP contribution is -2.32. The summed E-state index contributed by atoms with van der Waals surface area (Å²) in [5.74, 6) is -3.48. The van der Waals surface area contributed by atoms with Crippen molar-refractivity contribution in [2.45, 2.75) is 13.0 Å². The standard InChI is InChI=1S/C21H19F2N3O3/c1-11(26(2)10-18(24)27)12-8-16(22)19(17(23)9-12)20(28)14-4-3-5-15-13(14)6-7-25-21(15)29/h3-9,11H,10H2,1-2H3,(H2,24,27)(H,25,29). The maximum Gasteiger partial charge on any atom is 0.255 e. The zero-order valence-corrected chi connectivity index (χ0v) is 15.8. The second-order valence-electron chi connectivity index (χ2n) is 6.82. The fourth-order valence-electron chi connectivity index (χ4n) is 3.24. The average Bonchev–Trinajstić information content (AvgIpc) is 2.66. The van der Waals surface area contributed by atoms with E-state index < -0.39 is 40.5 Å². The number of carbonyl (C=O) groups is 2. The number of likely N-dealkylation sites (N-methyl/N-ethyl adjacent to an activating group) is 1. The Morgan fingerprint density at radius 3 is 2.41 bits per heavy atom. The van der Waals surface area contributed by atoms with Gasteiger partial charge in [-0.3, -0.25) is 19.3 Å². The van der Waals surface area contributed by atoms with Crippen molar-refractivity contribution in [3.8, 4) is 0 Å². The number of ketones is 1. The molecule has 150 valence electrons. The number of rotatable bonds is 6. The Kier molecular flexibility index (Phi) is 5.56. The Hall–Kier alpha value is -3.39. The Morgan fingerprint density at radius 1 is 1.14 bits per heavy atom. The summed E-state index contributed by atoms with van der Waals surface area (Å²) in [5.41, 5.74) is 4.33. The monoisotopic (exact) mass is 399 g/mol. The van der Waals surface area contributed by atoms with Gasteiger partial charge in [0, 0.05) is 23.2 Å². The molecule has 0 bridgehead atoms. The number of fused-ring (bicyclic) bond motifs is 1. The number of halogens is 2. The van der Waals surface area contributed by atoms with E-state index in [1.54, 1.807) is 14.0 Å². The SMILES string of the molecule is CC(c1cc(F)c(C(=O)c2cccc3c(=O)[nH]ccc23)c(F)c1)N(C)CC(N)=O. The van der Waals surface area contributed by atoms with Crippen molar-refractivity contribution < 1.29 is 18.4 Å². The molecule has 1 amide bonds. The molecule has 0 spiro atoms. The molecule has 0 aliphatic rings. The first-order chi connectivity index (χ1) is 13.7. The van der Waals surface area contributed by atoms with E-state index in [1.807, 2.05) is 0 Å². The van der Waals surface area contributed by atoms with Crippen LogP contribution in [0.25, 0.3) is 10.8 Å². The highest BCUT2D eigenvalue weighted by molar-refractivity contribution is 6.16. The number of aromatic nitrogens is 1. The van der Waals surface area contributed by atoms with Crippen molar-refractivity contribution >= 4 is 22.5 Å². The summed E-state index contributed by atoms with van der Waals surface area (Å²) in [7, 11) is 1.60. The first-order valence-electron chi connectivity index (χ1n) is 8.83. The van der Waals surface area contributed by atoms with Crippen LogP contribution in [0.2, 0.25) is 0 Å². The second kappa shape index (κ2) is 7.92. The molecule has 0 aliphatic heterocycles. The smallest absolute Gasteiger partial charge is 0.255 e. The van der Waals surface area contributed by atoms with Gasteiger partial charge in [-0.25, -0.2) is 8.78 Å². The van der Waals surface area contributed by atoms with Crippen LogP contribution in [0.15, 0.2) is 47.4 Å². The molecule has 2 aromatic carbocycles. The number of H-pyrrole nitrogens is 1. The molecule has 3 rings (SSSR count). The topological polar surface area (TPSA) is 96.3 Å². The van der Waals surface area contributed by atoms with Crippen LogP contribution >= 0.6 is 0 Å². The van der Waals surface area contributed by atoms with Crippen LogP contribution < -0.4 is 11.3 Å². The zero-order chi connectivity index (χ0) is 21.3. The molecule has 0 aliphatic carbocycles. The summed E-state index contributed by atoms with van der Waals surface area (Å²) in [6.45, 7) is 1.57. The third-order valence-electron chi connectivity index (χ3n) is 4.90. The number of nitrogens with one attached hydrogen (secondary N) is 1. The van der Waals surface area contributed by atoms with E-state index in [4.69, 9.17) is 5.73 Å². The molecule has 0 saturated carbocycles. The number of nitrogens with zero attached hydrogens (tertiary/aromatic N) is 1. The zero-order valence-electron chi connectivity index (χ0n) is 15.8. The fraction of sp³-hybridized carbons (Fsp3) is 0.190. The molecule has 1 heterocycles. The lowest BCUT2D eigenvalue weighted by molar-refractivity contribution is -0.119. The van der Waals surface area contributed by atoms with Gasteiger partial charge in [0.2, 0.25) is 5.91 Å². The number of carbonyl (C=O) groups excluding carboxylic acids is 2. The van der Waals surface area contributed by atoms with E-state index in [0.717, 1.165) is 12.1 Å². The van der Waals surface area contributed by atoms with Crippen LogP contribution in [-0.4, -0.2) is 35.2 Å². The lowest BCUT2D eigenvalue weighted by atomic mass is 9.95.